The Kier molecular flexibility index (Phi) is 5.68. The maximum absolute atomic E-state index is 12.9. The van der Waals surface area contributed by atoms with E-state index in [-0.39, 0.29) is 30.9 Å². The molecule has 0 spiro atoms. The Labute approximate surface area is 171 Å². The highest BCUT2D eigenvalue weighted by Crippen LogP contribution is 2.29. The van der Waals surface area contributed by atoms with E-state index in [1.165, 1.54) is 0 Å². The molecule has 3 aliphatic heterocycles. The molecule has 28 heavy (non-hydrogen) atoms. The van der Waals surface area contributed by atoms with E-state index in [1.807, 2.05) is 31.2 Å². The first-order valence-corrected chi connectivity index (χ1v) is 9.62. The second-order valence-corrected chi connectivity index (χ2v) is 8.19. The van der Waals surface area contributed by atoms with Crippen molar-refractivity contribution in [3.05, 3.63) is 35.4 Å². The van der Waals surface area contributed by atoms with Crippen molar-refractivity contribution in [1.29, 1.82) is 0 Å². The summed E-state index contributed by atoms with van der Waals surface area (Å²) >= 11 is 0. The number of hydrogen-bond donors (Lipinski definition) is 3. The van der Waals surface area contributed by atoms with Gasteiger partial charge in [-0.25, -0.2) is 4.79 Å². The number of nitrogens with zero attached hydrogens (tertiary/aromatic N) is 1. The molecule has 4 rings (SSSR count). The Morgan fingerprint density at radius 2 is 1.79 bits per heavy atom. The summed E-state index contributed by atoms with van der Waals surface area (Å²) in [6.07, 6.45) is 4.12. The van der Waals surface area contributed by atoms with Gasteiger partial charge in [0.1, 0.15) is 12.1 Å². The minimum atomic E-state index is -1.14. The van der Waals surface area contributed by atoms with Crippen LogP contribution in [-0.4, -0.2) is 47.4 Å². The standard InChI is InChI=1S/C20H26N4O3.ClH/c1-12-3-5-13(6-4-12)20(2)18(26)24(19(27)23-20)11-17(25)22-16-9-14-7-8-15(10-16)21-14;/h3-6,14-16,21H,7-11H2,1-2H3,(H,22,25)(H,23,27);1H. The van der Waals surface area contributed by atoms with Crippen LogP contribution in [0.3, 0.4) is 0 Å². The molecular weight excluding hydrogens is 380 g/mol. The van der Waals surface area contributed by atoms with Crippen molar-refractivity contribution in [3.63, 3.8) is 0 Å². The molecule has 152 valence electrons. The van der Waals surface area contributed by atoms with Crippen molar-refractivity contribution in [2.75, 3.05) is 6.54 Å². The van der Waals surface area contributed by atoms with Crippen LogP contribution in [0.5, 0.6) is 0 Å². The van der Waals surface area contributed by atoms with E-state index >= 15 is 0 Å². The third-order valence-corrected chi connectivity index (χ3v) is 6.04. The van der Waals surface area contributed by atoms with Crippen LogP contribution < -0.4 is 16.0 Å². The summed E-state index contributed by atoms with van der Waals surface area (Å²) < 4.78 is 0. The van der Waals surface area contributed by atoms with Crippen LogP contribution in [0.4, 0.5) is 4.79 Å². The van der Waals surface area contributed by atoms with E-state index in [2.05, 4.69) is 16.0 Å². The Morgan fingerprint density at radius 1 is 1.18 bits per heavy atom. The summed E-state index contributed by atoms with van der Waals surface area (Å²) in [7, 11) is 0. The van der Waals surface area contributed by atoms with Crippen LogP contribution in [0.15, 0.2) is 24.3 Å². The van der Waals surface area contributed by atoms with Gasteiger partial charge < -0.3 is 16.0 Å². The number of rotatable bonds is 4. The van der Waals surface area contributed by atoms with Crippen LogP contribution in [-0.2, 0) is 15.1 Å². The number of hydrogen-bond acceptors (Lipinski definition) is 4. The highest BCUT2D eigenvalue weighted by molar-refractivity contribution is 6.09. The lowest BCUT2D eigenvalue weighted by molar-refractivity contribution is -0.135. The third-order valence-electron chi connectivity index (χ3n) is 6.04. The quantitative estimate of drug-likeness (QED) is 0.662. The van der Waals surface area contributed by atoms with Crippen LogP contribution in [0.25, 0.3) is 0 Å². The minimum Gasteiger partial charge on any atom is -0.352 e. The second-order valence-electron chi connectivity index (χ2n) is 8.19. The van der Waals surface area contributed by atoms with E-state index < -0.39 is 17.5 Å². The lowest BCUT2D eigenvalue weighted by Crippen LogP contribution is -2.50. The van der Waals surface area contributed by atoms with Gasteiger partial charge in [0.15, 0.2) is 0 Å². The van der Waals surface area contributed by atoms with Crippen LogP contribution in [0, 0.1) is 6.92 Å². The lowest BCUT2D eigenvalue weighted by atomic mass is 9.91. The molecule has 8 heteroatoms. The first-order valence-electron chi connectivity index (χ1n) is 9.62. The van der Waals surface area contributed by atoms with Gasteiger partial charge in [-0.05, 0) is 45.1 Å². The Balaban J connectivity index is 0.00000225. The zero-order chi connectivity index (χ0) is 19.2. The summed E-state index contributed by atoms with van der Waals surface area (Å²) in [6, 6.07) is 8.00. The summed E-state index contributed by atoms with van der Waals surface area (Å²) in [4.78, 5) is 38.8. The first-order chi connectivity index (χ1) is 12.8. The Bertz CT molecular complexity index is 772. The van der Waals surface area contributed by atoms with Crippen molar-refractivity contribution >= 4 is 30.3 Å². The molecule has 0 saturated carbocycles. The highest BCUT2D eigenvalue weighted by Gasteiger charge is 2.49. The van der Waals surface area contributed by atoms with Crippen molar-refractivity contribution in [3.8, 4) is 0 Å². The molecule has 0 radical (unpaired) electrons. The minimum absolute atomic E-state index is 0. The highest BCUT2D eigenvalue weighted by atomic mass is 35.5. The molecule has 3 saturated heterocycles. The van der Waals surface area contributed by atoms with Crippen molar-refractivity contribution in [2.45, 2.75) is 63.2 Å². The maximum Gasteiger partial charge on any atom is 0.325 e. The number of carbonyl (C=O) groups is 3. The molecule has 1 aromatic rings. The van der Waals surface area contributed by atoms with Crippen LogP contribution >= 0.6 is 12.4 Å². The van der Waals surface area contributed by atoms with Gasteiger partial charge in [0.25, 0.3) is 5.91 Å². The zero-order valence-corrected chi connectivity index (χ0v) is 17.0. The zero-order valence-electron chi connectivity index (χ0n) is 16.2. The molecule has 3 atom stereocenters. The predicted octanol–water partition coefficient (Wildman–Crippen LogP) is 1.58. The SMILES string of the molecule is Cc1ccc(C2(C)NC(=O)N(CC(=O)NC3CC4CCC(C3)N4)C2=O)cc1.Cl. The molecule has 0 aromatic heterocycles. The van der Waals surface area contributed by atoms with Gasteiger partial charge >= 0.3 is 6.03 Å². The molecule has 2 bridgehead atoms. The summed E-state index contributed by atoms with van der Waals surface area (Å²) in [6.45, 7) is 3.40. The molecule has 4 amide bonds. The maximum atomic E-state index is 12.9. The van der Waals surface area contributed by atoms with E-state index in [0.717, 1.165) is 36.1 Å². The second kappa shape index (κ2) is 7.72. The smallest absolute Gasteiger partial charge is 0.325 e. The molecular formula is C20H27ClN4O3. The molecule has 3 aliphatic rings. The van der Waals surface area contributed by atoms with E-state index in [4.69, 9.17) is 0 Å². The van der Waals surface area contributed by atoms with Gasteiger partial charge in [-0.2, -0.15) is 0 Å². The monoisotopic (exact) mass is 406 g/mol. The number of aryl methyl sites for hydroxylation is 1. The van der Waals surface area contributed by atoms with Crippen molar-refractivity contribution < 1.29 is 14.4 Å². The van der Waals surface area contributed by atoms with Gasteiger partial charge in [0, 0.05) is 18.1 Å². The molecule has 1 aromatic carbocycles. The van der Waals surface area contributed by atoms with Gasteiger partial charge in [0.05, 0.1) is 0 Å². The van der Waals surface area contributed by atoms with Crippen LogP contribution in [0.1, 0.15) is 43.7 Å². The molecule has 3 heterocycles. The molecule has 3 N–H and O–H groups in total. The summed E-state index contributed by atoms with van der Waals surface area (Å²) in [5, 5.41) is 9.29. The molecule has 0 aliphatic carbocycles. The van der Waals surface area contributed by atoms with Gasteiger partial charge in [-0.1, -0.05) is 29.8 Å². The lowest BCUT2D eigenvalue weighted by Gasteiger charge is -2.30. The third kappa shape index (κ3) is 3.73. The number of nitrogens with one attached hydrogen (secondary N) is 3. The van der Waals surface area contributed by atoms with Crippen molar-refractivity contribution in [1.82, 2.24) is 20.9 Å². The number of fused-ring (bicyclic) bond motifs is 2. The molecule has 3 fully saturated rings. The van der Waals surface area contributed by atoms with Gasteiger partial charge in [0.2, 0.25) is 5.91 Å². The van der Waals surface area contributed by atoms with Crippen LogP contribution in [0.2, 0.25) is 0 Å². The number of amides is 4. The average Bonchev–Trinajstić information content (AvgIpc) is 3.07. The number of imide groups is 1. The van der Waals surface area contributed by atoms with E-state index in [0.29, 0.717) is 17.6 Å². The van der Waals surface area contributed by atoms with E-state index in [1.54, 1.807) is 6.92 Å². The molecule has 3 unspecified atom stereocenters. The summed E-state index contributed by atoms with van der Waals surface area (Å²) in [5.41, 5.74) is 0.648. The fraction of sp³-hybridized carbons (Fsp3) is 0.550. The van der Waals surface area contributed by atoms with Gasteiger partial charge in [-0.3, -0.25) is 14.5 Å². The first kappa shape index (κ1) is 20.6. The fourth-order valence-electron chi connectivity index (χ4n) is 4.52. The number of halogens is 1. The molecule has 7 nitrogen and oxygen atoms in total. The topological polar surface area (TPSA) is 90.5 Å². The number of carbonyl (C=O) groups excluding carboxylic acids is 3. The van der Waals surface area contributed by atoms with Gasteiger partial charge in [-0.15, -0.1) is 12.4 Å². The van der Waals surface area contributed by atoms with Crippen molar-refractivity contribution in [2.24, 2.45) is 0 Å². The number of urea groups is 1. The van der Waals surface area contributed by atoms with E-state index in [9.17, 15) is 14.4 Å². The normalized spacial score (nSPS) is 31.4. The Morgan fingerprint density at radius 3 is 2.39 bits per heavy atom. The number of piperidine rings is 1. The largest absolute Gasteiger partial charge is 0.352 e. The average molecular weight is 407 g/mol. The summed E-state index contributed by atoms with van der Waals surface area (Å²) in [5.74, 6) is -0.671. The Hall–Kier alpha value is -2.12. The predicted molar refractivity (Wildman–Crippen MR) is 107 cm³/mol. The fourth-order valence-corrected chi connectivity index (χ4v) is 4.52. The number of benzene rings is 1.